The third-order valence-electron chi connectivity index (χ3n) is 2.97. The molecule has 0 spiro atoms. The van der Waals surface area contributed by atoms with E-state index in [0.29, 0.717) is 18.8 Å². The first-order chi connectivity index (χ1) is 8.63. The van der Waals surface area contributed by atoms with Gasteiger partial charge in [0.15, 0.2) is 0 Å². The van der Waals surface area contributed by atoms with Gasteiger partial charge in [0.1, 0.15) is 24.3 Å². The van der Waals surface area contributed by atoms with E-state index in [1.54, 1.807) is 0 Å². The molecule has 18 heavy (non-hydrogen) atoms. The number of benzene rings is 1. The number of likely N-dealkylation sites (tertiary alicyclic amines) is 1. The van der Waals surface area contributed by atoms with Gasteiger partial charge in [-0.1, -0.05) is 0 Å². The minimum Gasteiger partial charge on any atom is -0.491 e. The third-order valence-corrected chi connectivity index (χ3v) is 2.97. The molecule has 5 heteroatoms. The van der Waals surface area contributed by atoms with Crippen molar-refractivity contribution < 1.29 is 19.3 Å². The normalized spacial score (nSPS) is 22.1. The Kier molecular flexibility index (Phi) is 4.52. The van der Waals surface area contributed by atoms with Crippen LogP contribution in [0.5, 0.6) is 5.75 Å². The van der Waals surface area contributed by atoms with Gasteiger partial charge in [0, 0.05) is 19.6 Å². The number of β-amino-alcohol motifs (C(OH)–C–C–N with tert-alkyl or cyclic N) is 2. The summed E-state index contributed by atoms with van der Waals surface area (Å²) in [6, 6.07) is 5.69. The molecule has 1 fully saturated rings. The molecule has 0 aliphatic carbocycles. The Bertz CT molecular complexity index is 371. The van der Waals surface area contributed by atoms with Crippen LogP contribution in [-0.4, -0.2) is 53.6 Å². The van der Waals surface area contributed by atoms with E-state index in [9.17, 15) is 14.6 Å². The fourth-order valence-corrected chi connectivity index (χ4v) is 2.05. The molecule has 2 N–H and O–H groups in total. The van der Waals surface area contributed by atoms with Crippen LogP contribution >= 0.6 is 0 Å². The summed E-state index contributed by atoms with van der Waals surface area (Å²) in [5, 5.41) is 19.1. The lowest BCUT2D eigenvalue weighted by Crippen LogP contribution is -2.34. The van der Waals surface area contributed by atoms with Crippen molar-refractivity contribution in [2.75, 3.05) is 26.2 Å². The van der Waals surface area contributed by atoms with E-state index in [1.165, 1.54) is 24.3 Å². The molecule has 1 aliphatic rings. The highest BCUT2D eigenvalue weighted by atomic mass is 19.1. The van der Waals surface area contributed by atoms with Gasteiger partial charge >= 0.3 is 0 Å². The topological polar surface area (TPSA) is 52.9 Å². The van der Waals surface area contributed by atoms with Gasteiger partial charge in [-0.3, -0.25) is 4.90 Å². The van der Waals surface area contributed by atoms with Crippen molar-refractivity contribution in [3.8, 4) is 5.75 Å². The lowest BCUT2D eigenvalue weighted by atomic mass is 10.3. The number of hydrogen-bond donors (Lipinski definition) is 2. The summed E-state index contributed by atoms with van der Waals surface area (Å²) < 4.78 is 18.0. The molecule has 1 saturated heterocycles. The molecule has 0 bridgehead atoms. The Morgan fingerprint density at radius 2 is 2.11 bits per heavy atom. The van der Waals surface area contributed by atoms with Crippen LogP contribution in [0.25, 0.3) is 0 Å². The quantitative estimate of drug-likeness (QED) is 0.810. The van der Waals surface area contributed by atoms with Crippen LogP contribution in [0.2, 0.25) is 0 Å². The second kappa shape index (κ2) is 6.13. The van der Waals surface area contributed by atoms with Crippen molar-refractivity contribution in [2.45, 2.75) is 18.6 Å². The Labute approximate surface area is 106 Å². The minimum atomic E-state index is -0.611. The van der Waals surface area contributed by atoms with Gasteiger partial charge in [-0.25, -0.2) is 4.39 Å². The predicted molar refractivity (Wildman–Crippen MR) is 65.0 cm³/mol. The molecule has 2 atom stereocenters. The summed E-state index contributed by atoms with van der Waals surface area (Å²) in [6.07, 6.45) is -0.137. The molecule has 0 radical (unpaired) electrons. The van der Waals surface area contributed by atoms with Crippen LogP contribution in [-0.2, 0) is 0 Å². The van der Waals surface area contributed by atoms with Crippen molar-refractivity contribution in [3.63, 3.8) is 0 Å². The Morgan fingerprint density at radius 3 is 2.72 bits per heavy atom. The molecule has 0 aromatic heterocycles. The zero-order valence-corrected chi connectivity index (χ0v) is 10.1. The van der Waals surface area contributed by atoms with Crippen molar-refractivity contribution in [1.82, 2.24) is 4.90 Å². The van der Waals surface area contributed by atoms with Gasteiger partial charge in [-0.05, 0) is 30.7 Å². The number of rotatable bonds is 5. The lowest BCUT2D eigenvalue weighted by molar-refractivity contribution is 0.0707. The molecule has 1 aromatic rings. The lowest BCUT2D eigenvalue weighted by Gasteiger charge is -2.19. The Morgan fingerprint density at radius 1 is 1.39 bits per heavy atom. The molecular formula is C13H18FNO3. The first-order valence-corrected chi connectivity index (χ1v) is 6.10. The number of aliphatic hydroxyl groups is 2. The van der Waals surface area contributed by atoms with Gasteiger partial charge in [-0.15, -0.1) is 0 Å². The first kappa shape index (κ1) is 13.3. The van der Waals surface area contributed by atoms with Crippen molar-refractivity contribution in [1.29, 1.82) is 0 Å². The summed E-state index contributed by atoms with van der Waals surface area (Å²) in [5.41, 5.74) is 0. The standard InChI is InChI=1S/C13H18FNO3/c14-10-1-3-13(4-2-10)18-9-12(17)8-15-6-5-11(16)7-15/h1-4,11-12,16-17H,5-9H2. The van der Waals surface area contributed by atoms with Crippen molar-refractivity contribution in [3.05, 3.63) is 30.1 Å². The molecular weight excluding hydrogens is 237 g/mol. The maximum Gasteiger partial charge on any atom is 0.123 e. The van der Waals surface area contributed by atoms with E-state index in [1.807, 2.05) is 4.90 Å². The fourth-order valence-electron chi connectivity index (χ4n) is 2.05. The largest absolute Gasteiger partial charge is 0.491 e. The van der Waals surface area contributed by atoms with E-state index >= 15 is 0 Å². The third kappa shape index (κ3) is 3.94. The van der Waals surface area contributed by atoms with E-state index in [0.717, 1.165) is 13.0 Å². The van der Waals surface area contributed by atoms with Gasteiger partial charge in [0.25, 0.3) is 0 Å². The van der Waals surface area contributed by atoms with Crippen LogP contribution in [0.15, 0.2) is 24.3 Å². The molecule has 2 unspecified atom stereocenters. The average molecular weight is 255 g/mol. The molecule has 100 valence electrons. The van der Waals surface area contributed by atoms with Gasteiger partial charge in [-0.2, -0.15) is 0 Å². The summed E-state index contributed by atoms with van der Waals surface area (Å²) in [7, 11) is 0. The van der Waals surface area contributed by atoms with Crippen molar-refractivity contribution >= 4 is 0 Å². The summed E-state index contributed by atoms with van der Waals surface area (Å²) in [4.78, 5) is 2.00. The molecule has 0 amide bonds. The molecule has 4 nitrogen and oxygen atoms in total. The highest BCUT2D eigenvalue weighted by Crippen LogP contribution is 2.12. The predicted octanol–water partition coefficient (Wildman–Crippen LogP) is 0.632. The van der Waals surface area contributed by atoms with E-state index in [2.05, 4.69) is 0 Å². The molecule has 1 aliphatic heterocycles. The first-order valence-electron chi connectivity index (χ1n) is 6.10. The molecule has 1 aromatic carbocycles. The maximum absolute atomic E-state index is 12.7. The second-order valence-corrected chi connectivity index (χ2v) is 4.62. The van der Waals surface area contributed by atoms with Crippen LogP contribution in [0.4, 0.5) is 4.39 Å². The van der Waals surface area contributed by atoms with Gasteiger partial charge < -0.3 is 14.9 Å². The summed E-state index contributed by atoms with van der Waals surface area (Å²) in [6.45, 7) is 2.05. The van der Waals surface area contributed by atoms with E-state index in [4.69, 9.17) is 4.74 Å². The summed E-state index contributed by atoms with van der Waals surface area (Å²) >= 11 is 0. The van der Waals surface area contributed by atoms with E-state index in [-0.39, 0.29) is 18.5 Å². The van der Waals surface area contributed by atoms with Crippen LogP contribution in [0.1, 0.15) is 6.42 Å². The number of ether oxygens (including phenoxy) is 1. The monoisotopic (exact) mass is 255 g/mol. The van der Waals surface area contributed by atoms with Crippen LogP contribution in [0.3, 0.4) is 0 Å². The smallest absolute Gasteiger partial charge is 0.123 e. The van der Waals surface area contributed by atoms with Crippen LogP contribution in [0, 0.1) is 5.82 Å². The second-order valence-electron chi connectivity index (χ2n) is 4.62. The number of hydrogen-bond acceptors (Lipinski definition) is 4. The molecule has 2 rings (SSSR count). The highest BCUT2D eigenvalue weighted by molar-refractivity contribution is 5.22. The minimum absolute atomic E-state index is 0.165. The number of aliphatic hydroxyl groups excluding tert-OH is 2. The SMILES string of the molecule is OC1CCN(CC(O)COc2ccc(F)cc2)C1. The summed E-state index contributed by atoms with van der Waals surface area (Å²) in [5.74, 6) is 0.228. The Balaban J connectivity index is 1.71. The van der Waals surface area contributed by atoms with E-state index < -0.39 is 6.10 Å². The van der Waals surface area contributed by atoms with Crippen LogP contribution < -0.4 is 4.74 Å². The number of nitrogens with zero attached hydrogens (tertiary/aromatic N) is 1. The fraction of sp³-hybridized carbons (Fsp3) is 0.538. The average Bonchev–Trinajstić information content (AvgIpc) is 2.74. The zero-order valence-electron chi connectivity index (χ0n) is 10.1. The van der Waals surface area contributed by atoms with Crippen molar-refractivity contribution in [2.24, 2.45) is 0 Å². The number of halogens is 1. The molecule has 0 saturated carbocycles. The van der Waals surface area contributed by atoms with Gasteiger partial charge in [0.05, 0.1) is 6.10 Å². The van der Waals surface area contributed by atoms with Gasteiger partial charge in [0.2, 0.25) is 0 Å². The maximum atomic E-state index is 12.7. The molecule has 1 heterocycles. The Hall–Kier alpha value is -1.17. The highest BCUT2D eigenvalue weighted by Gasteiger charge is 2.22. The zero-order chi connectivity index (χ0) is 13.0.